The zero-order chi connectivity index (χ0) is 10.6. The minimum absolute atomic E-state index is 0.0374. The minimum atomic E-state index is 0.0374. The summed E-state index contributed by atoms with van der Waals surface area (Å²) in [5, 5.41) is 0. The highest BCUT2D eigenvalue weighted by atomic mass is 32.1. The lowest BCUT2D eigenvalue weighted by Crippen LogP contribution is -2.23. The Morgan fingerprint density at radius 2 is 2.14 bits per heavy atom. The Morgan fingerprint density at radius 1 is 1.50 bits per heavy atom. The molecule has 0 saturated heterocycles. The van der Waals surface area contributed by atoms with Gasteiger partial charge in [0, 0.05) is 25.5 Å². The molecule has 0 unspecified atom stereocenters. The molecule has 78 valence electrons. The topological polar surface area (TPSA) is 52.9 Å². The summed E-state index contributed by atoms with van der Waals surface area (Å²) in [6.07, 6.45) is 5.11. The summed E-state index contributed by atoms with van der Waals surface area (Å²) < 4.78 is 3.35. The zero-order valence-electron chi connectivity index (χ0n) is 8.27. The predicted molar refractivity (Wildman–Crippen MR) is 60.4 cm³/mol. The Balaban J connectivity index is 2.55. The van der Waals surface area contributed by atoms with Crippen LogP contribution in [0, 0.1) is 0 Å². The van der Waals surface area contributed by atoms with Crippen molar-refractivity contribution in [3.63, 3.8) is 0 Å². The van der Waals surface area contributed by atoms with Gasteiger partial charge in [-0.1, -0.05) is 12.2 Å². The van der Waals surface area contributed by atoms with Gasteiger partial charge in [-0.05, 0) is 19.8 Å². The third-order valence-electron chi connectivity index (χ3n) is 2.08. The maximum absolute atomic E-state index is 11.5. The molecule has 0 aliphatic carbocycles. The first-order valence-corrected chi connectivity index (χ1v) is 5.10. The van der Waals surface area contributed by atoms with Gasteiger partial charge in [0.15, 0.2) is 0 Å². The van der Waals surface area contributed by atoms with Crippen LogP contribution in [0.4, 0.5) is 0 Å². The van der Waals surface area contributed by atoms with E-state index in [0.717, 1.165) is 6.42 Å². The van der Waals surface area contributed by atoms with Crippen molar-refractivity contribution >= 4 is 17.2 Å². The summed E-state index contributed by atoms with van der Waals surface area (Å²) in [4.78, 5) is 12.0. The maximum Gasteiger partial charge on any atom is 0.328 e. The van der Waals surface area contributed by atoms with Crippen LogP contribution in [0.25, 0.3) is 0 Å². The number of aryl methyl sites for hydroxylation is 2. The summed E-state index contributed by atoms with van der Waals surface area (Å²) >= 11 is 4.76. The van der Waals surface area contributed by atoms with Crippen molar-refractivity contribution in [2.45, 2.75) is 32.9 Å². The molecule has 5 heteroatoms. The van der Waals surface area contributed by atoms with Crippen molar-refractivity contribution in [3.05, 3.63) is 22.9 Å². The van der Waals surface area contributed by atoms with E-state index in [4.69, 9.17) is 18.0 Å². The average molecular weight is 213 g/mol. The van der Waals surface area contributed by atoms with Crippen molar-refractivity contribution in [2.75, 3.05) is 0 Å². The predicted octanol–water partition coefficient (Wildman–Crippen LogP) is 0.736. The summed E-state index contributed by atoms with van der Waals surface area (Å²) in [5.41, 5.74) is 5.40. The van der Waals surface area contributed by atoms with Gasteiger partial charge in [-0.15, -0.1) is 0 Å². The molecule has 1 aromatic heterocycles. The molecule has 1 heterocycles. The molecule has 14 heavy (non-hydrogen) atoms. The van der Waals surface area contributed by atoms with Crippen LogP contribution < -0.4 is 11.4 Å². The lowest BCUT2D eigenvalue weighted by molar-refractivity contribution is 0.606. The quantitative estimate of drug-likeness (QED) is 0.734. The van der Waals surface area contributed by atoms with Gasteiger partial charge in [0.1, 0.15) is 0 Å². The number of nitrogens with two attached hydrogens (primary N) is 1. The Kier molecular flexibility index (Phi) is 3.88. The van der Waals surface area contributed by atoms with Crippen molar-refractivity contribution in [1.29, 1.82) is 0 Å². The first-order chi connectivity index (χ1) is 6.65. The van der Waals surface area contributed by atoms with E-state index in [1.54, 1.807) is 21.5 Å². The van der Waals surface area contributed by atoms with Crippen molar-refractivity contribution < 1.29 is 0 Å². The second-order valence-corrected chi connectivity index (χ2v) is 3.65. The SMILES string of the molecule is CCn1ccn(CCCC(N)=S)c1=O. The summed E-state index contributed by atoms with van der Waals surface area (Å²) in [7, 11) is 0. The van der Waals surface area contributed by atoms with Crippen LogP contribution in [-0.4, -0.2) is 14.1 Å². The highest BCUT2D eigenvalue weighted by molar-refractivity contribution is 7.80. The van der Waals surface area contributed by atoms with Gasteiger partial charge in [0.25, 0.3) is 0 Å². The van der Waals surface area contributed by atoms with E-state index in [2.05, 4.69) is 0 Å². The standard InChI is InChI=1S/C9H15N3OS/c1-2-11-6-7-12(9(11)13)5-3-4-8(10)14/h6-7H,2-5H2,1H3,(H2,10,14). The van der Waals surface area contributed by atoms with Crippen LogP contribution >= 0.6 is 12.2 Å². The molecule has 1 aromatic rings. The van der Waals surface area contributed by atoms with E-state index in [9.17, 15) is 4.79 Å². The average Bonchev–Trinajstić information content (AvgIpc) is 2.47. The lowest BCUT2D eigenvalue weighted by Gasteiger charge is -2.00. The summed E-state index contributed by atoms with van der Waals surface area (Å²) in [6, 6.07) is 0. The number of nitrogens with zero attached hydrogens (tertiary/aromatic N) is 2. The second kappa shape index (κ2) is 4.95. The highest BCUT2D eigenvalue weighted by Gasteiger charge is 2.00. The van der Waals surface area contributed by atoms with Gasteiger partial charge >= 0.3 is 5.69 Å². The molecule has 0 saturated carbocycles. The number of rotatable bonds is 5. The highest BCUT2D eigenvalue weighted by Crippen LogP contribution is 1.93. The first-order valence-electron chi connectivity index (χ1n) is 4.69. The van der Waals surface area contributed by atoms with Crippen LogP contribution in [-0.2, 0) is 13.1 Å². The summed E-state index contributed by atoms with van der Waals surface area (Å²) in [5.74, 6) is 0. The Hall–Kier alpha value is -1.10. The Morgan fingerprint density at radius 3 is 2.64 bits per heavy atom. The van der Waals surface area contributed by atoms with E-state index >= 15 is 0 Å². The fourth-order valence-electron chi connectivity index (χ4n) is 1.29. The largest absolute Gasteiger partial charge is 0.393 e. The van der Waals surface area contributed by atoms with E-state index in [-0.39, 0.29) is 5.69 Å². The van der Waals surface area contributed by atoms with E-state index in [1.807, 2.05) is 6.92 Å². The number of imidazole rings is 1. The van der Waals surface area contributed by atoms with E-state index in [0.29, 0.717) is 24.5 Å². The third kappa shape index (κ3) is 2.70. The van der Waals surface area contributed by atoms with Crippen LogP contribution in [0.15, 0.2) is 17.2 Å². The van der Waals surface area contributed by atoms with Crippen LogP contribution in [0.3, 0.4) is 0 Å². The van der Waals surface area contributed by atoms with Crippen LogP contribution in [0.2, 0.25) is 0 Å². The molecule has 1 rings (SSSR count). The molecule has 0 spiro atoms. The molecule has 0 radical (unpaired) electrons. The van der Waals surface area contributed by atoms with Gasteiger partial charge in [-0.2, -0.15) is 0 Å². The Labute approximate surface area is 88.3 Å². The molecule has 0 bridgehead atoms. The van der Waals surface area contributed by atoms with Gasteiger partial charge in [-0.25, -0.2) is 4.79 Å². The summed E-state index contributed by atoms with van der Waals surface area (Å²) in [6.45, 7) is 3.34. The van der Waals surface area contributed by atoms with Crippen molar-refractivity contribution in [1.82, 2.24) is 9.13 Å². The number of aromatic nitrogens is 2. The smallest absolute Gasteiger partial charge is 0.328 e. The van der Waals surface area contributed by atoms with Gasteiger partial charge in [0.2, 0.25) is 0 Å². The molecule has 0 aromatic carbocycles. The molecular weight excluding hydrogens is 198 g/mol. The molecular formula is C9H15N3OS. The second-order valence-electron chi connectivity index (χ2n) is 3.13. The van der Waals surface area contributed by atoms with Gasteiger partial charge in [0.05, 0.1) is 4.99 Å². The first kappa shape index (κ1) is 11.0. The molecule has 0 amide bonds. The number of hydrogen-bond acceptors (Lipinski definition) is 2. The third-order valence-corrected chi connectivity index (χ3v) is 2.28. The fourth-order valence-corrected chi connectivity index (χ4v) is 1.43. The maximum atomic E-state index is 11.5. The van der Waals surface area contributed by atoms with Crippen molar-refractivity contribution in [2.24, 2.45) is 5.73 Å². The minimum Gasteiger partial charge on any atom is -0.393 e. The Bertz CT molecular complexity index is 366. The molecule has 2 N–H and O–H groups in total. The van der Waals surface area contributed by atoms with E-state index in [1.165, 1.54) is 0 Å². The molecule has 0 fully saturated rings. The normalized spacial score (nSPS) is 10.4. The number of hydrogen-bond donors (Lipinski definition) is 1. The van der Waals surface area contributed by atoms with Gasteiger partial charge < -0.3 is 5.73 Å². The van der Waals surface area contributed by atoms with E-state index < -0.39 is 0 Å². The molecule has 0 atom stereocenters. The van der Waals surface area contributed by atoms with Crippen molar-refractivity contribution in [3.8, 4) is 0 Å². The number of thiocarbonyl (C=S) groups is 1. The molecule has 0 aliphatic rings. The molecule has 0 aliphatic heterocycles. The van der Waals surface area contributed by atoms with Crippen LogP contribution in [0.5, 0.6) is 0 Å². The fraction of sp³-hybridized carbons (Fsp3) is 0.556. The van der Waals surface area contributed by atoms with Crippen LogP contribution in [0.1, 0.15) is 19.8 Å². The molecule has 4 nitrogen and oxygen atoms in total. The monoisotopic (exact) mass is 213 g/mol. The lowest BCUT2D eigenvalue weighted by atomic mass is 10.3. The zero-order valence-corrected chi connectivity index (χ0v) is 9.09. The van der Waals surface area contributed by atoms with Gasteiger partial charge in [-0.3, -0.25) is 9.13 Å².